The summed E-state index contributed by atoms with van der Waals surface area (Å²) in [6, 6.07) is 1.66. The van der Waals surface area contributed by atoms with Crippen molar-refractivity contribution in [1.82, 2.24) is 4.98 Å². The average Bonchev–Trinajstić information content (AvgIpc) is 2.25. The van der Waals surface area contributed by atoms with E-state index < -0.39 is 11.5 Å². The van der Waals surface area contributed by atoms with Crippen molar-refractivity contribution in [1.29, 1.82) is 0 Å². The molecule has 0 aliphatic carbocycles. The molecule has 2 N–H and O–H groups in total. The van der Waals surface area contributed by atoms with Gasteiger partial charge < -0.3 is 10.4 Å². The number of hydrogen-bond donors (Lipinski definition) is 2. The molecule has 1 aromatic heterocycles. The van der Waals surface area contributed by atoms with Gasteiger partial charge in [0, 0.05) is 18.0 Å². The molecule has 0 spiro atoms. The maximum atomic E-state index is 11.2. The highest BCUT2D eigenvalue weighted by molar-refractivity contribution is 6.04. The zero-order valence-corrected chi connectivity index (χ0v) is 6.53. The number of rotatable bonds is 0. The summed E-state index contributed by atoms with van der Waals surface area (Å²) in [4.78, 5) is 15.0. The van der Waals surface area contributed by atoms with Gasteiger partial charge in [0.25, 0.3) is 5.91 Å². The average molecular weight is 164 g/mol. The highest BCUT2D eigenvalue weighted by Gasteiger charge is 2.40. The second-order valence-corrected chi connectivity index (χ2v) is 2.95. The number of anilines is 1. The molecule has 12 heavy (non-hydrogen) atoms. The van der Waals surface area contributed by atoms with Crippen molar-refractivity contribution in [2.75, 3.05) is 5.32 Å². The van der Waals surface area contributed by atoms with Crippen LogP contribution in [0.3, 0.4) is 0 Å². The van der Waals surface area contributed by atoms with E-state index >= 15 is 0 Å². The molecule has 0 saturated heterocycles. The number of nitrogens with one attached hydrogen (secondary N) is 1. The van der Waals surface area contributed by atoms with E-state index in [4.69, 9.17) is 0 Å². The Morgan fingerprint density at radius 1 is 1.67 bits per heavy atom. The molecule has 4 heteroatoms. The van der Waals surface area contributed by atoms with E-state index in [1.807, 2.05) is 0 Å². The van der Waals surface area contributed by atoms with Crippen LogP contribution in [0.5, 0.6) is 0 Å². The molecular weight excluding hydrogens is 156 g/mol. The molecule has 1 unspecified atom stereocenters. The summed E-state index contributed by atoms with van der Waals surface area (Å²) in [5, 5.41) is 12.2. The van der Waals surface area contributed by atoms with Gasteiger partial charge in [0.05, 0.1) is 5.69 Å². The van der Waals surface area contributed by atoms with E-state index in [2.05, 4.69) is 10.3 Å². The Hall–Kier alpha value is -1.42. The minimum Gasteiger partial charge on any atom is -0.375 e. The van der Waals surface area contributed by atoms with Crippen molar-refractivity contribution in [3.05, 3.63) is 24.0 Å². The number of aromatic nitrogens is 1. The number of aliphatic hydroxyl groups is 1. The van der Waals surface area contributed by atoms with Crippen LogP contribution in [0.1, 0.15) is 12.5 Å². The fourth-order valence-corrected chi connectivity index (χ4v) is 1.26. The smallest absolute Gasteiger partial charge is 0.260 e. The van der Waals surface area contributed by atoms with E-state index in [0.29, 0.717) is 11.3 Å². The van der Waals surface area contributed by atoms with Crippen LogP contribution in [-0.4, -0.2) is 16.0 Å². The lowest BCUT2D eigenvalue weighted by molar-refractivity contribution is -0.131. The van der Waals surface area contributed by atoms with E-state index in [1.54, 1.807) is 12.3 Å². The van der Waals surface area contributed by atoms with Crippen LogP contribution in [0.2, 0.25) is 0 Å². The summed E-state index contributed by atoms with van der Waals surface area (Å²) < 4.78 is 0. The zero-order valence-electron chi connectivity index (χ0n) is 6.53. The summed E-state index contributed by atoms with van der Waals surface area (Å²) in [5.74, 6) is -0.398. The monoisotopic (exact) mass is 164 g/mol. The van der Waals surface area contributed by atoms with Crippen molar-refractivity contribution in [2.45, 2.75) is 12.5 Å². The molecule has 0 saturated carbocycles. The molecule has 1 amide bonds. The van der Waals surface area contributed by atoms with Gasteiger partial charge in [0.2, 0.25) is 0 Å². The summed E-state index contributed by atoms with van der Waals surface area (Å²) >= 11 is 0. The largest absolute Gasteiger partial charge is 0.375 e. The van der Waals surface area contributed by atoms with Gasteiger partial charge >= 0.3 is 0 Å². The first kappa shape index (κ1) is 7.24. The van der Waals surface area contributed by atoms with Crippen LogP contribution in [0.4, 0.5) is 5.69 Å². The molecule has 1 atom stereocenters. The number of amides is 1. The number of carbonyl (C=O) groups excluding carboxylic acids is 1. The second kappa shape index (κ2) is 2.04. The Balaban J connectivity index is 2.63. The van der Waals surface area contributed by atoms with E-state index in [9.17, 15) is 9.90 Å². The Bertz CT molecular complexity index is 347. The summed E-state index contributed by atoms with van der Waals surface area (Å²) in [5.41, 5.74) is -0.251. The van der Waals surface area contributed by atoms with E-state index in [0.717, 1.165) is 0 Å². The predicted molar refractivity (Wildman–Crippen MR) is 42.4 cm³/mol. The minimum atomic E-state index is -1.43. The number of fused-ring (bicyclic) bond motifs is 1. The molecule has 4 nitrogen and oxygen atoms in total. The van der Waals surface area contributed by atoms with Crippen molar-refractivity contribution in [3.8, 4) is 0 Å². The number of carbonyl (C=O) groups is 1. The molecule has 2 heterocycles. The van der Waals surface area contributed by atoms with Crippen molar-refractivity contribution >= 4 is 11.6 Å². The number of pyridine rings is 1. The van der Waals surface area contributed by atoms with Crippen molar-refractivity contribution < 1.29 is 9.90 Å². The first-order chi connectivity index (χ1) is 5.62. The molecule has 1 aromatic rings. The number of hydrogen-bond acceptors (Lipinski definition) is 3. The Labute approximate surface area is 69.2 Å². The lowest BCUT2D eigenvalue weighted by Gasteiger charge is -2.12. The predicted octanol–water partition coefficient (Wildman–Crippen LogP) is 0.241. The Morgan fingerprint density at radius 3 is 3.08 bits per heavy atom. The molecule has 2 rings (SSSR count). The van der Waals surface area contributed by atoms with Gasteiger partial charge in [-0.1, -0.05) is 0 Å². The minimum absolute atomic E-state index is 0.398. The Kier molecular flexibility index (Phi) is 1.23. The maximum Gasteiger partial charge on any atom is 0.260 e. The van der Waals surface area contributed by atoms with Gasteiger partial charge in [0.15, 0.2) is 5.60 Å². The third kappa shape index (κ3) is 0.753. The quantitative estimate of drug-likeness (QED) is 0.577. The SMILES string of the molecule is CC1(O)C(=O)Nc2ccncc21. The van der Waals surface area contributed by atoms with Crippen LogP contribution in [0, 0.1) is 0 Å². The second-order valence-electron chi connectivity index (χ2n) is 2.95. The Morgan fingerprint density at radius 2 is 2.42 bits per heavy atom. The molecule has 0 fully saturated rings. The lowest BCUT2D eigenvalue weighted by atomic mass is 10.0. The van der Waals surface area contributed by atoms with Gasteiger partial charge in [-0.2, -0.15) is 0 Å². The molecular formula is C8H8N2O2. The van der Waals surface area contributed by atoms with Crippen molar-refractivity contribution in [3.63, 3.8) is 0 Å². The highest BCUT2D eigenvalue weighted by atomic mass is 16.3. The molecule has 0 radical (unpaired) electrons. The fourth-order valence-electron chi connectivity index (χ4n) is 1.26. The molecule has 62 valence electrons. The first-order valence-corrected chi connectivity index (χ1v) is 3.60. The van der Waals surface area contributed by atoms with Crippen LogP contribution >= 0.6 is 0 Å². The first-order valence-electron chi connectivity index (χ1n) is 3.60. The summed E-state index contributed by atoms with van der Waals surface area (Å²) in [6.45, 7) is 1.45. The van der Waals surface area contributed by atoms with Crippen LogP contribution in [-0.2, 0) is 10.4 Å². The fraction of sp³-hybridized carbons (Fsp3) is 0.250. The molecule has 1 aliphatic heterocycles. The standard InChI is InChI=1S/C8H8N2O2/c1-8(12)5-4-9-3-2-6(5)10-7(8)11/h2-4,12H,1H3,(H,10,11). The molecule has 0 bridgehead atoms. The van der Waals surface area contributed by atoms with Crippen molar-refractivity contribution in [2.24, 2.45) is 0 Å². The van der Waals surface area contributed by atoms with Gasteiger partial charge in [0.1, 0.15) is 0 Å². The van der Waals surface area contributed by atoms with Gasteiger partial charge in [-0.25, -0.2) is 0 Å². The molecule has 1 aliphatic rings. The van der Waals surface area contributed by atoms with Crippen LogP contribution in [0.15, 0.2) is 18.5 Å². The van der Waals surface area contributed by atoms with Crippen LogP contribution < -0.4 is 5.32 Å². The van der Waals surface area contributed by atoms with Gasteiger partial charge in [-0.3, -0.25) is 9.78 Å². The van der Waals surface area contributed by atoms with Crippen LogP contribution in [0.25, 0.3) is 0 Å². The highest BCUT2D eigenvalue weighted by Crippen LogP contribution is 2.33. The molecule has 0 aromatic carbocycles. The topological polar surface area (TPSA) is 62.2 Å². The lowest BCUT2D eigenvalue weighted by Crippen LogP contribution is -2.30. The summed E-state index contributed by atoms with van der Waals surface area (Å²) in [6.07, 6.45) is 3.06. The normalized spacial score (nSPS) is 26.7. The number of nitrogens with zero attached hydrogens (tertiary/aromatic N) is 1. The zero-order chi connectivity index (χ0) is 8.77. The van der Waals surface area contributed by atoms with E-state index in [-0.39, 0.29) is 0 Å². The van der Waals surface area contributed by atoms with Gasteiger partial charge in [-0.05, 0) is 13.0 Å². The third-order valence-electron chi connectivity index (χ3n) is 2.04. The summed E-state index contributed by atoms with van der Waals surface area (Å²) in [7, 11) is 0. The van der Waals surface area contributed by atoms with E-state index in [1.165, 1.54) is 13.1 Å². The third-order valence-corrected chi connectivity index (χ3v) is 2.04. The maximum absolute atomic E-state index is 11.2. The van der Waals surface area contributed by atoms with Gasteiger partial charge in [-0.15, -0.1) is 0 Å².